The number of hydrogen-bond donors (Lipinski definition) is 1. The van der Waals surface area contributed by atoms with Crippen molar-refractivity contribution in [2.24, 2.45) is 0 Å². The lowest BCUT2D eigenvalue weighted by Gasteiger charge is -1.97. The highest BCUT2D eigenvalue weighted by Gasteiger charge is 2.05. The second-order valence-electron chi connectivity index (χ2n) is 4.10. The predicted octanol–water partition coefficient (Wildman–Crippen LogP) is 2.66. The number of nitrogens with two attached hydrogens (primary N) is 1. The van der Waals surface area contributed by atoms with E-state index >= 15 is 0 Å². The van der Waals surface area contributed by atoms with E-state index in [9.17, 15) is 0 Å². The molecule has 0 radical (unpaired) electrons. The van der Waals surface area contributed by atoms with E-state index in [-0.39, 0.29) is 0 Å². The third-order valence-electron chi connectivity index (χ3n) is 2.65. The summed E-state index contributed by atoms with van der Waals surface area (Å²) >= 11 is 3.46. The molecule has 0 aliphatic heterocycles. The second kappa shape index (κ2) is 4.42. The third kappa shape index (κ3) is 2.22. The highest BCUT2D eigenvalue weighted by atomic mass is 79.9. The lowest BCUT2D eigenvalue weighted by molar-refractivity contribution is 0.901. The van der Waals surface area contributed by atoms with Crippen molar-refractivity contribution in [2.75, 3.05) is 5.73 Å². The zero-order valence-electron chi connectivity index (χ0n) is 9.55. The molecule has 4 nitrogen and oxygen atoms in total. The first-order valence-electron chi connectivity index (χ1n) is 5.56. The Labute approximate surface area is 113 Å². The van der Waals surface area contributed by atoms with Crippen LogP contribution in [0.15, 0.2) is 47.1 Å². The summed E-state index contributed by atoms with van der Waals surface area (Å²) < 4.78 is 2.77. The van der Waals surface area contributed by atoms with Gasteiger partial charge in [-0.05, 0) is 29.8 Å². The summed E-state index contributed by atoms with van der Waals surface area (Å²) in [5.41, 5.74) is 8.38. The molecule has 0 bridgehead atoms. The Morgan fingerprint density at radius 3 is 2.94 bits per heavy atom. The highest BCUT2D eigenvalue weighted by molar-refractivity contribution is 9.10. The summed E-state index contributed by atoms with van der Waals surface area (Å²) in [5, 5.41) is 4.41. The Bertz CT molecular complexity index is 705. The van der Waals surface area contributed by atoms with Gasteiger partial charge >= 0.3 is 0 Å². The molecule has 0 unspecified atom stereocenters. The van der Waals surface area contributed by atoms with Crippen LogP contribution in [0.25, 0.3) is 5.65 Å². The van der Waals surface area contributed by atoms with Crippen molar-refractivity contribution in [3.8, 4) is 0 Å². The molecule has 0 aliphatic rings. The molecule has 0 aliphatic carbocycles. The molecule has 0 saturated heterocycles. The molecule has 18 heavy (non-hydrogen) atoms. The van der Waals surface area contributed by atoms with Gasteiger partial charge in [0.1, 0.15) is 0 Å². The molecule has 3 aromatic rings. The molecule has 90 valence electrons. The van der Waals surface area contributed by atoms with E-state index in [1.807, 2.05) is 24.3 Å². The number of fused-ring (bicyclic) bond motifs is 1. The molecule has 2 N–H and O–H groups in total. The van der Waals surface area contributed by atoms with Crippen molar-refractivity contribution in [1.29, 1.82) is 0 Å². The van der Waals surface area contributed by atoms with Crippen LogP contribution in [0.5, 0.6) is 0 Å². The zero-order valence-corrected chi connectivity index (χ0v) is 11.1. The Hall–Kier alpha value is -1.88. The molecule has 0 atom stereocenters. The lowest BCUT2D eigenvalue weighted by atomic mass is 10.1. The van der Waals surface area contributed by atoms with E-state index in [4.69, 9.17) is 5.73 Å². The maximum absolute atomic E-state index is 5.71. The van der Waals surface area contributed by atoms with E-state index in [1.54, 1.807) is 10.7 Å². The summed E-state index contributed by atoms with van der Waals surface area (Å²) in [6, 6.07) is 11.8. The fourth-order valence-corrected chi connectivity index (χ4v) is 2.30. The number of rotatable bonds is 2. The largest absolute Gasteiger partial charge is 0.397 e. The Balaban J connectivity index is 1.95. The van der Waals surface area contributed by atoms with Gasteiger partial charge in [-0.2, -0.15) is 5.10 Å². The quantitative estimate of drug-likeness (QED) is 0.792. The Kier molecular flexibility index (Phi) is 2.76. The van der Waals surface area contributed by atoms with E-state index in [1.165, 1.54) is 5.56 Å². The van der Waals surface area contributed by atoms with Gasteiger partial charge in [-0.3, -0.25) is 0 Å². The van der Waals surface area contributed by atoms with E-state index in [0.29, 0.717) is 12.1 Å². The van der Waals surface area contributed by atoms with Crippen molar-refractivity contribution in [3.63, 3.8) is 0 Å². The van der Waals surface area contributed by atoms with Crippen LogP contribution in [-0.2, 0) is 6.42 Å². The first-order chi connectivity index (χ1) is 8.70. The minimum atomic E-state index is 0.682. The number of aromatic nitrogens is 3. The highest BCUT2D eigenvalue weighted by Crippen LogP contribution is 2.14. The minimum absolute atomic E-state index is 0.682. The van der Waals surface area contributed by atoms with Crippen molar-refractivity contribution in [3.05, 3.63) is 58.5 Å². The minimum Gasteiger partial charge on any atom is -0.397 e. The van der Waals surface area contributed by atoms with Crippen LogP contribution < -0.4 is 5.73 Å². The second-order valence-corrected chi connectivity index (χ2v) is 5.02. The fraction of sp³-hybridized carbons (Fsp3) is 0.0769. The maximum atomic E-state index is 5.71. The molecule has 3 rings (SSSR count). The third-order valence-corrected chi connectivity index (χ3v) is 3.14. The van der Waals surface area contributed by atoms with Crippen molar-refractivity contribution < 1.29 is 0 Å². The van der Waals surface area contributed by atoms with Gasteiger partial charge in [0.15, 0.2) is 11.5 Å². The predicted molar refractivity (Wildman–Crippen MR) is 74.3 cm³/mol. The first-order valence-corrected chi connectivity index (χ1v) is 6.35. The molecule has 0 spiro atoms. The lowest BCUT2D eigenvalue weighted by Crippen LogP contribution is -1.93. The molecule has 2 aromatic heterocycles. The smallest absolute Gasteiger partial charge is 0.156 e. The monoisotopic (exact) mass is 302 g/mol. The zero-order chi connectivity index (χ0) is 12.5. The van der Waals surface area contributed by atoms with Gasteiger partial charge in [0.05, 0.1) is 11.9 Å². The number of nitrogen functional groups attached to an aromatic ring is 1. The summed E-state index contributed by atoms with van der Waals surface area (Å²) in [6.07, 6.45) is 2.48. The van der Waals surface area contributed by atoms with Crippen molar-refractivity contribution in [2.45, 2.75) is 6.42 Å². The van der Waals surface area contributed by atoms with E-state index in [0.717, 1.165) is 15.9 Å². The van der Waals surface area contributed by atoms with Gasteiger partial charge in [-0.1, -0.05) is 28.1 Å². The summed E-state index contributed by atoms with van der Waals surface area (Å²) in [6.45, 7) is 0. The van der Waals surface area contributed by atoms with Gasteiger partial charge in [0.2, 0.25) is 0 Å². The molecule has 2 heterocycles. The average Bonchev–Trinajstić information content (AvgIpc) is 2.70. The van der Waals surface area contributed by atoms with Gasteiger partial charge < -0.3 is 5.73 Å². The normalized spacial score (nSPS) is 10.9. The summed E-state index contributed by atoms with van der Waals surface area (Å²) in [5.74, 6) is 0.790. The number of halogens is 1. The Morgan fingerprint density at radius 1 is 1.22 bits per heavy atom. The molecule has 0 fully saturated rings. The number of benzene rings is 1. The van der Waals surface area contributed by atoms with Gasteiger partial charge in [0.25, 0.3) is 0 Å². The molecule has 1 aromatic carbocycles. The summed E-state index contributed by atoms with van der Waals surface area (Å²) in [4.78, 5) is 4.46. The van der Waals surface area contributed by atoms with Crippen molar-refractivity contribution >= 4 is 27.3 Å². The number of hydrogen-bond acceptors (Lipinski definition) is 3. The van der Waals surface area contributed by atoms with Gasteiger partial charge in [0, 0.05) is 10.9 Å². The molecular weight excluding hydrogens is 292 g/mol. The van der Waals surface area contributed by atoms with Crippen LogP contribution in [0.3, 0.4) is 0 Å². The molecule has 5 heteroatoms. The van der Waals surface area contributed by atoms with E-state index in [2.05, 4.69) is 38.1 Å². The SMILES string of the molecule is Nc1ccc2nc(Cc3cccc(Br)c3)nn2c1. The van der Waals surface area contributed by atoms with Crippen LogP contribution in [0.1, 0.15) is 11.4 Å². The van der Waals surface area contributed by atoms with Crippen LogP contribution >= 0.6 is 15.9 Å². The number of nitrogens with zero attached hydrogens (tertiary/aromatic N) is 3. The summed E-state index contributed by atoms with van der Waals surface area (Å²) in [7, 11) is 0. The Morgan fingerprint density at radius 2 is 2.11 bits per heavy atom. The van der Waals surface area contributed by atoms with E-state index < -0.39 is 0 Å². The number of pyridine rings is 1. The fourth-order valence-electron chi connectivity index (χ4n) is 1.85. The number of anilines is 1. The van der Waals surface area contributed by atoms with Crippen molar-refractivity contribution in [1.82, 2.24) is 14.6 Å². The first kappa shape index (κ1) is 11.2. The maximum Gasteiger partial charge on any atom is 0.156 e. The molecular formula is C13H11BrN4. The standard InChI is InChI=1S/C13H11BrN4/c14-10-3-1-2-9(6-10)7-12-16-13-5-4-11(15)8-18(13)17-12/h1-6,8H,7,15H2. The van der Waals surface area contributed by atoms with Gasteiger partial charge in [-0.15, -0.1) is 0 Å². The molecule has 0 saturated carbocycles. The van der Waals surface area contributed by atoms with Gasteiger partial charge in [-0.25, -0.2) is 9.50 Å². The molecule has 0 amide bonds. The average molecular weight is 303 g/mol. The van der Waals surface area contributed by atoms with Crippen LogP contribution in [0.4, 0.5) is 5.69 Å². The van der Waals surface area contributed by atoms with Crippen LogP contribution in [0.2, 0.25) is 0 Å². The van der Waals surface area contributed by atoms with Crippen LogP contribution in [-0.4, -0.2) is 14.6 Å². The van der Waals surface area contributed by atoms with Crippen LogP contribution in [0, 0.1) is 0 Å². The topological polar surface area (TPSA) is 56.2 Å².